The number of carbonyl (C=O) groups is 1. The molecule has 2 fully saturated rings. The first-order chi connectivity index (χ1) is 18.6. The van der Waals surface area contributed by atoms with Gasteiger partial charge < -0.3 is 14.4 Å². The second-order valence-electron chi connectivity index (χ2n) is 11.4. The maximum Gasteiger partial charge on any atom is 0.410 e. The molecule has 0 saturated carbocycles. The fraction of sp³-hybridized carbons (Fsp3) is 0.400. The SMILES string of the molecule is COc1nc(N2C[C@H]3CC[C@@H](C2)N3C(=O)OC(C)(C)C)c2cnc(-c3cccc4cccc(C)c34)c(F)c2n1. The van der Waals surface area contributed by atoms with E-state index in [9.17, 15) is 4.79 Å². The summed E-state index contributed by atoms with van der Waals surface area (Å²) >= 11 is 0. The zero-order valence-corrected chi connectivity index (χ0v) is 22.9. The first-order valence-corrected chi connectivity index (χ1v) is 13.3. The molecule has 0 radical (unpaired) electrons. The highest BCUT2D eigenvalue weighted by atomic mass is 19.1. The van der Waals surface area contributed by atoms with Crippen molar-refractivity contribution in [3.8, 4) is 17.3 Å². The van der Waals surface area contributed by atoms with E-state index in [-0.39, 0.29) is 35.4 Å². The molecule has 0 N–H and O–H groups in total. The van der Waals surface area contributed by atoms with E-state index >= 15 is 4.39 Å². The number of anilines is 1. The number of aromatic nitrogens is 3. The summed E-state index contributed by atoms with van der Waals surface area (Å²) in [6.07, 6.45) is 3.11. The summed E-state index contributed by atoms with van der Waals surface area (Å²) in [7, 11) is 1.48. The van der Waals surface area contributed by atoms with Crippen LogP contribution >= 0.6 is 0 Å². The van der Waals surface area contributed by atoms with E-state index in [0.717, 1.165) is 29.2 Å². The quantitative estimate of drug-likeness (QED) is 0.327. The maximum absolute atomic E-state index is 16.3. The number of pyridine rings is 1. The molecule has 0 unspecified atom stereocenters. The van der Waals surface area contributed by atoms with Gasteiger partial charge in [-0.25, -0.2) is 9.18 Å². The number of aryl methyl sites for hydroxylation is 1. The molecule has 9 heteroatoms. The van der Waals surface area contributed by atoms with Crippen LogP contribution in [0.1, 0.15) is 39.2 Å². The molecule has 2 aliphatic rings. The average Bonchev–Trinajstić information content (AvgIpc) is 3.17. The van der Waals surface area contributed by atoms with Gasteiger partial charge in [-0.15, -0.1) is 0 Å². The number of rotatable bonds is 3. The zero-order chi connectivity index (χ0) is 27.5. The van der Waals surface area contributed by atoms with Gasteiger partial charge in [0.15, 0.2) is 5.82 Å². The Kier molecular flexibility index (Phi) is 6.04. The van der Waals surface area contributed by atoms with Crippen LogP contribution in [0.4, 0.5) is 15.0 Å². The first-order valence-electron chi connectivity index (χ1n) is 13.3. The third-order valence-corrected chi connectivity index (χ3v) is 7.58. The van der Waals surface area contributed by atoms with Crippen LogP contribution in [0.5, 0.6) is 6.01 Å². The number of nitrogens with zero attached hydrogens (tertiary/aromatic N) is 5. The van der Waals surface area contributed by atoms with Crippen LogP contribution in [-0.4, -0.2) is 63.8 Å². The second-order valence-corrected chi connectivity index (χ2v) is 11.4. The number of amides is 1. The zero-order valence-electron chi connectivity index (χ0n) is 22.9. The van der Waals surface area contributed by atoms with E-state index in [2.05, 4.69) is 19.9 Å². The third kappa shape index (κ3) is 4.39. The minimum Gasteiger partial charge on any atom is -0.467 e. The summed E-state index contributed by atoms with van der Waals surface area (Å²) in [5.41, 5.74) is 1.60. The summed E-state index contributed by atoms with van der Waals surface area (Å²) < 4.78 is 27.4. The number of hydrogen-bond donors (Lipinski definition) is 0. The molecular weight excluding hydrogens is 497 g/mol. The number of fused-ring (bicyclic) bond motifs is 4. The molecule has 4 aromatic rings. The van der Waals surface area contributed by atoms with Crippen molar-refractivity contribution in [1.29, 1.82) is 0 Å². The van der Waals surface area contributed by atoms with Crippen LogP contribution < -0.4 is 9.64 Å². The van der Waals surface area contributed by atoms with Crippen LogP contribution in [-0.2, 0) is 4.74 Å². The van der Waals surface area contributed by atoms with Crippen molar-refractivity contribution < 1.29 is 18.7 Å². The van der Waals surface area contributed by atoms with E-state index in [1.54, 1.807) is 6.20 Å². The number of piperazine rings is 1. The highest BCUT2D eigenvalue weighted by Gasteiger charge is 2.45. The number of benzene rings is 2. The Balaban J connectivity index is 1.41. The molecule has 2 bridgehead atoms. The number of ether oxygens (including phenoxy) is 2. The minimum atomic E-state index is -0.562. The molecule has 2 aromatic heterocycles. The van der Waals surface area contributed by atoms with E-state index in [1.165, 1.54) is 7.11 Å². The van der Waals surface area contributed by atoms with Crippen molar-refractivity contribution >= 4 is 33.6 Å². The Hall–Kier alpha value is -4.01. The van der Waals surface area contributed by atoms with Gasteiger partial charge in [0.2, 0.25) is 0 Å². The average molecular weight is 530 g/mol. The van der Waals surface area contributed by atoms with Crippen LogP contribution in [0, 0.1) is 12.7 Å². The van der Waals surface area contributed by atoms with Gasteiger partial charge in [0.25, 0.3) is 0 Å². The van der Waals surface area contributed by atoms with Gasteiger partial charge in [-0.2, -0.15) is 9.97 Å². The van der Waals surface area contributed by atoms with Gasteiger partial charge in [0.05, 0.1) is 24.6 Å². The number of halogens is 1. The molecule has 2 aliphatic heterocycles. The van der Waals surface area contributed by atoms with Crippen LogP contribution in [0.25, 0.3) is 32.9 Å². The third-order valence-electron chi connectivity index (χ3n) is 7.58. The van der Waals surface area contributed by atoms with Crippen LogP contribution in [0.3, 0.4) is 0 Å². The largest absolute Gasteiger partial charge is 0.467 e. The van der Waals surface area contributed by atoms with Crippen LogP contribution in [0.15, 0.2) is 42.6 Å². The number of hydrogen-bond acceptors (Lipinski definition) is 7. The molecule has 1 amide bonds. The van der Waals surface area contributed by atoms with Gasteiger partial charge >= 0.3 is 12.1 Å². The topological polar surface area (TPSA) is 80.7 Å². The van der Waals surface area contributed by atoms with Gasteiger partial charge in [-0.05, 0) is 56.9 Å². The molecule has 202 valence electrons. The summed E-state index contributed by atoms with van der Waals surface area (Å²) in [5, 5.41) is 2.49. The maximum atomic E-state index is 16.3. The summed E-state index contributed by atoms with van der Waals surface area (Å²) in [6, 6.07) is 11.9. The second kappa shape index (κ2) is 9.32. The fourth-order valence-corrected chi connectivity index (χ4v) is 5.96. The van der Waals surface area contributed by atoms with Crippen molar-refractivity contribution in [3.63, 3.8) is 0 Å². The van der Waals surface area contributed by atoms with Gasteiger partial charge in [-0.1, -0.05) is 36.4 Å². The van der Waals surface area contributed by atoms with E-state index < -0.39 is 11.4 Å². The lowest BCUT2D eigenvalue weighted by atomic mass is 9.97. The summed E-state index contributed by atoms with van der Waals surface area (Å²) in [6.45, 7) is 8.74. The number of carbonyl (C=O) groups excluding carboxylic acids is 1. The minimum absolute atomic E-state index is 0.0228. The lowest BCUT2D eigenvalue weighted by molar-refractivity contribution is 0.0123. The Morgan fingerprint density at radius 1 is 1.05 bits per heavy atom. The van der Waals surface area contributed by atoms with E-state index in [4.69, 9.17) is 9.47 Å². The molecule has 2 atom stereocenters. The highest BCUT2D eigenvalue weighted by Crippen LogP contribution is 2.38. The molecule has 4 heterocycles. The van der Waals surface area contributed by atoms with Gasteiger partial charge in [0.1, 0.15) is 22.6 Å². The fourth-order valence-electron chi connectivity index (χ4n) is 5.96. The Bertz CT molecular complexity index is 1580. The Labute approximate surface area is 226 Å². The van der Waals surface area contributed by atoms with Crippen LogP contribution in [0.2, 0.25) is 0 Å². The molecule has 8 nitrogen and oxygen atoms in total. The lowest BCUT2D eigenvalue weighted by Gasteiger charge is -2.42. The first kappa shape index (κ1) is 25.3. The highest BCUT2D eigenvalue weighted by molar-refractivity contribution is 6.00. The molecule has 2 aromatic carbocycles. The van der Waals surface area contributed by atoms with Crippen molar-refractivity contribution in [3.05, 3.63) is 54.0 Å². The Morgan fingerprint density at radius 2 is 1.74 bits per heavy atom. The smallest absolute Gasteiger partial charge is 0.410 e. The normalized spacial score (nSPS) is 19.1. The van der Waals surface area contributed by atoms with E-state index in [0.29, 0.717) is 29.9 Å². The Morgan fingerprint density at radius 3 is 2.41 bits per heavy atom. The van der Waals surface area contributed by atoms with Crippen molar-refractivity contribution in [1.82, 2.24) is 19.9 Å². The van der Waals surface area contributed by atoms with Crippen molar-refractivity contribution in [2.75, 3.05) is 25.1 Å². The van der Waals surface area contributed by atoms with Crippen molar-refractivity contribution in [2.24, 2.45) is 0 Å². The molecule has 0 aliphatic carbocycles. The van der Waals surface area contributed by atoms with E-state index in [1.807, 2.05) is 69.0 Å². The summed E-state index contributed by atoms with van der Waals surface area (Å²) in [4.78, 5) is 30.6. The predicted molar refractivity (Wildman–Crippen MR) is 149 cm³/mol. The standard InChI is InChI=1S/C30H32FN5O3/c1-17-8-6-9-18-10-7-11-21(23(17)18)25-24(31)26-22(14-32-25)27(34-28(33-26)38-5)35-15-19-12-13-20(16-35)36(19)29(37)39-30(2,3)4/h6-11,14,19-20H,12-13,15-16H2,1-5H3/t19-,20+. The van der Waals surface area contributed by atoms with Crippen molar-refractivity contribution in [2.45, 2.75) is 58.2 Å². The van der Waals surface area contributed by atoms with Gasteiger partial charge in [-0.3, -0.25) is 9.88 Å². The molecular formula is C30H32FN5O3. The predicted octanol–water partition coefficient (Wildman–Crippen LogP) is 5.89. The lowest BCUT2D eigenvalue weighted by Crippen LogP contribution is -2.57. The summed E-state index contributed by atoms with van der Waals surface area (Å²) in [5.74, 6) is 0.0465. The molecule has 2 saturated heterocycles. The number of methoxy groups -OCH3 is 1. The monoisotopic (exact) mass is 529 g/mol. The molecule has 39 heavy (non-hydrogen) atoms. The molecule has 6 rings (SSSR count). The van der Waals surface area contributed by atoms with Gasteiger partial charge in [0, 0.05) is 24.8 Å². The molecule has 0 spiro atoms.